The summed E-state index contributed by atoms with van der Waals surface area (Å²) >= 11 is 2.31. The van der Waals surface area contributed by atoms with Crippen LogP contribution in [-0.4, -0.2) is 61.2 Å². The SMILES string of the molecule is CCN(CC)S(=O)(=O)c1ccc(Sc2nnc(NCCOC)s2)c([N+](=O)[O-])c1. The van der Waals surface area contributed by atoms with Crippen LogP contribution in [0.15, 0.2) is 32.3 Å². The summed E-state index contributed by atoms with van der Waals surface area (Å²) < 4.78 is 31.9. The van der Waals surface area contributed by atoms with E-state index in [0.29, 0.717) is 27.5 Å². The second kappa shape index (κ2) is 10.1. The summed E-state index contributed by atoms with van der Waals surface area (Å²) in [5, 5.41) is 23.1. The molecule has 2 rings (SSSR count). The number of rotatable bonds is 11. The van der Waals surface area contributed by atoms with E-state index < -0.39 is 14.9 Å². The maximum absolute atomic E-state index is 12.6. The topological polar surface area (TPSA) is 128 Å². The van der Waals surface area contributed by atoms with Crippen molar-refractivity contribution in [3.8, 4) is 0 Å². The van der Waals surface area contributed by atoms with Gasteiger partial charge in [-0.3, -0.25) is 10.1 Å². The van der Waals surface area contributed by atoms with Crippen molar-refractivity contribution in [3.63, 3.8) is 0 Å². The molecule has 0 atom stereocenters. The largest absolute Gasteiger partial charge is 0.383 e. The number of hydrogen-bond donors (Lipinski definition) is 1. The molecule has 0 aliphatic rings. The van der Waals surface area contributed by atoms with Gasteiger partial charge in [0.25, 0.3) is 5.69 Å². The second-order valence-corrected chi connectivity index (χ2v) is 9.58. The van der Waals surface area contributed by atoms with Crippen LogP contribution in [0.3, 0.4) is 0 Å². The smallest absolute Gasteiger partial charge is 0.284 e. The highest BCUT2D eigenvalue weighted by Crippen LogP contribution is 2.38. The second-order valence-electron chi connectivity index (χ2n) is 5.37. The van der Waals surface area contributed by atoms with Crippen LogP contribution in [-0.2, 0) is 14.8 Å². The lowest BCUT2D eigenvalue weighted by Crippen LogP contribution is -2.30. The number of sulfonamides is 1. The first-order chi connectivity index (χ1) is 13.3. The van der Waals surface area contributed by atoms with Gasteiger partial charge in [-0.25, -0.2) is 8.42 Å². The highest BCUT2D eigenvalue weighted by atomic mass is 32.2. The van der Waals surface area contributed by atoms with Gasteiger partial charge < -0.3 is 10.1 Å². The van der Waals surface area contributed by atoms with Crippen molar-refractivity contribution in [3.05, 3.63) is 28.3 Å². The van der Waals surface area contributed by atoms with Gasteiger partial charge in [-0.2, -0.15) is 4.31 Å². The summed E-state index contributed by atoms with van der Waals surface area (Å²) in [4.78, 5) is 11.1. The fraction of sp³-hybridized carbons (Fsp3) is 0.467. The molecule has 0 fully saturated rings. The van der Waals surface area contributed by atoms with Gasteiger partial charge in [0, 0.05) is 32.8 Å². The number of aromatic nitrogens is 2. The number of nitrogens with zero attached hydrogens (tertiary/aromatic N) is 4. The highest BCUT2D eigenvalue weighted by molar-refractivity contribution is 8.01. The molecule has 2 aromatic rings. The van der Waals surface area contributed by atoms with Gasteiger partial charge in [0.1, 0.15) is 0 Å². The molecule has 1 heterocycles. The first-order valence-corrected chi connectivity index (χ1v) is 11.4. The van der Waals surface area contributed by atoms with Gasteiger partial charge in [-0.05, 0) is 23.9 Å². The Labute approximate surface area is 171 Å². The molecule has 1 aromatic heterocycles. The lowest BCUT2D eigenvalue weighted by atomic mass is 10.3. The zero-order valence-electron chi connectivity index (χ0n) is 15.6. The van der Waals surface area contributed by atoms with E-state index in [9.17, 15) is 18.5 Å². The fourth-order valence-corrected chi connectivity index (χ4v) is 5.57. The molecule has 0 radical (unpaired) electrons. The molecule has 154 valence electrons. The molecular weight excluding hydrogens is 426 g/mol. The number of benzene rings is 1. The minimum atomic E-state index is -3.78. The van der Waals surface area contributed by atoms with Crippen LogP contribution in [0.2, 0.25) is 0 Å². The summed E-state index contributed by atoms with van der Waals surface area (Å²) in [6.45, 7) is 5.07. The average molecular weight is 448 g/mol. The third kappa shape index (κ3) is 5.38. The van der Waals surface area contributed by atoms with Gasteiger partial charge in [-0.15, -0.1) is 10.2 Å². The third-order valence-corrected chi connectivity index (χ3v) is 7.70. The molecule has 0 saturated heterocycles. The molecule has 13 heteroatoms. The Hall–Kier alpha value is -1.80. The standard InChI is InChI=1S/C15H21N5O5S3/c1-4-19(5-2)28(23,24)11-6-7-13(12(10-11)20(21)22)26-15-18-17-14(27-15)16-8-9-25-3/h6-7,10H,4-5,8-9H2,1-3H3,(H,16,17). The van der Waals surface area contributed by atoms with Crippen LogP contribution in [0, 0.1) is 10.1 Å². The van der Waals surface area contributed by atoms with E-state index in [1.807, 2.05) is 0 Å². The third-order valence-electron chi connectivity index (χ3n) is 3.66. The number of nitrogens with one attached hydrogen (secondary N) is 1. The molecule has 1 N–H and O–H groups in total. The normalized spacial score (nSPS) is 11.7. The Balaban J connectivity index is 2.28. The number of hydrogen-bond acceptors (Lipinski definition) is 10. The van der Waals surface area contributed by atoms with Crippen LogP contribution in [0.1, 0.15) is 13.8 Å². The summed E-state index contributed by atoms with van der Waals surface area (Å²) in [6, 6.07) is 3.90. The molecule has 10 nitrogen and oxygen atoms in total. The Kier molecular flexibility index (Phi) is 8.12. The monoisotopic (exact) mass is 447 g/mol. The van der Waals surface area contributed by atoms with Crippen molar-refractivity contribution in [2.24, 2.45) is 0 Å². The Morgan fingerprint density at radius 2 is 2.04 bits per heavy atom. The molecule has 0 aliphatic heterocycles. The summed E-state index contributed by atoms with van der Waals surface area (Å²) in [5.74, 6) is 0. The van der Waals surface area contributed by atoms with E-state index in [1.54, 1.807) is 21.0 Å². The van der Waals surface area contributed by atoms with Crippen molar-refractivity contribution >= 4 is 43.9 Å². The maximum atomic E-state index is 12.6. The summed E-state index contributed by atoms with van der Waals surface area (Å²) in [6.07, 6.45) is 0. The van der Waals surface area contributed by atoms with Crippen molar-refractivity contribution in [1.29, 1.82) is 0 Å². The van der Waals surface area contributed by atoms with Gasteiger partial charge in [0.15, 0.2) is 4.34 Å². The number of methoxy groups -OCH3 is 1. The first kappa shape index (κ1) is 22.5. The average Bonchev–Trinajstić information content (AvgIpc) is 3.10. The van der Waals surface area contributed by atoms with E-state index in [1.165, 1.54) is 27.8 Å². The Morgan fingerprint density at radius 3 is 2.64 bits per heavy atom. The molecule has 0 bridgehead atoms. The molecule has 28 heavy (non-hydrogen) atoms. The van der Waals surface area contributed by atoms with Gasteiger partial charge in [0.2, 0.25) is 15.2 Å². The molecule has 0 unspecified atom stereocenters. The van der Waals surface area contributed by atoms with Gasteiger partial charge >= 0.3 is 0 Å². The van der Waals surface area contributed by atoms with E-state index in [2.05, 4.69) is 15.5 Å². The quantitative estimate of drug-likeness (QED) is 0.314. The molecule has 0 spiro atoms. The van der Waals surface area contributed by atoms with E-state index in [4.69, 9.17) is 4.74 Å². The Morgan fingerprint density at radius 1 is 1.32 bits per heavy atom. The first-order valence-electron chi connectivity index (χ1n) is 8.36. The van der Waals surface area contributed by atoms with Gasteiger partial charge in [0.05, 0.1) is 21.3 Å². The van der Waals surface area contributed by atoms with E-state index in [-0.39, 0.29) is 23.7 Å². The van der Waals surface area contributed by atoms with Crippen molar-refractivity contribution in [1.82, 2.24) is 14.5 Å². The van der Waals surface area contributed by atoms with Crippen molar-refractivity contribution in [2.45, 2.75) is 28.0 Å². The number of anilines is 1. The van der Waals surface area contributed by atoms with Gasteiger partial charge in [-0.1, -0.05) is 25.2 Å². The van der Waals surface area contributed by atoms with Crippen molar-refractivity contribution < 1.29 is 18.1 Å². The predicted octanol–water partition coefficient (Wildman–Crippen LogP) is 2.69. The van der Waals surface area contributed by atoms with Crippen LogP contribution in [0.5, 0.6) is 0 Å². The summed E-state index contributed by atoms with van der Waals surface area (Å²) in [5.41, 5.74) is -0.290. The lowest BCUT2D eigenvalue weighted by Gasteiger charge is -2.18. The van der Waals surface area contributed by atoms with E-state index in [0.717, 1.165) is 17.8 Å². The highest BCUT2D eigenvalue weighted by Gasteiger charge is 2.26. The summed E-state index contributed by atoms with van der Waals surface area (Å²) in [7, 11) is -2.19. The zero-order valence-corrected chi connectivity index (χ0v) is 18.1. The Bertz CT molecular complexity index is 915. The number of ether oxygens (including phenoxy) is 1. The van der Waals surface area contributed by atoms with Crippen LogP contribution >= 0.6 is 23.1 Å². The molecule has 0 saturated carbocycles. The van der Waals surface area contributed by atoms with E-state index >= 15 is 0 Å². The zero-order chi connectivity index (χ0) is 20.7. The fourth-order valence-electron chi connectivity index (χ4n) is 2.28. The maximum Gasteiger partial charge on any atom is 0.284 e. The lowest BCUT2D eigenvalue weighted by molar-refractivity contribution is -0.388. The molecular formula is C15H21N5O5S3. The predicted molar refractivity (Wildman–Crippen MR) is 108 cm³/mol. The van der Waals surface area contributed by atoms with Crippen LogP contribution in [0.25, 0.3) is 0 Å². The van der Waals surface area contributed by atoms with Crippen LogP contribution in [0.4, 0.5) is 10.8 Å². The minimum absolute atomic E-state index is 0.105. The van der Waals surface area contributed by atoms with Crippen molar-refractivity contribution in [2.75, 3.05) is 38.7 Å². The molecule has 1 aromatic carbocycles. The molecule has 0 aliphatic carbocycles. The minimum Gasteiger partial charge on any atom is -0.383 e. The molecule has 0 amide bonds. The number of nitro groups is 1. The van der Waals surface area contributed by atoms with Crippen LogP contribution < -0.4 is 5.32 Å². The number of nitro benzene ring substituents is 1.